The Balaban J connectivity index is 2.18. The first-order chi connectivity index (χ1) is 10.1. The number of hydrogen-bond acceptors (Lipinski definition) is 2. The molecule has 21 heavy (non-hydrogen) atoms. The van der Waals surface area contributed by atoms with Crippen molar-refractivity contribution in [1.82, 2.24) is 0 Å². The molecule has 0 aliphatic carbocycles. The lowest BCUT2D eigenvalue weighted by Crippen LogP contribution is -2.40. The topological polar surface area (TPSA) is 46.3 Å². The van der Waals surface area contributed by atoms with Gasteiger partial charge in [-0.1, -0.05) is 60.7 Å². The van der Waals surface area contributed by atoms with Crippen molar-refractivity contribution >= 4 is 28.8 Å². The van der Waals surface area contributed by atoms with Crippen molar-refractivity contribution in [3.63, 3.8) is 0 Å². The summed E-state index contributed by atoms with van der Waals surface area (Å²) in [6.07, 6.45) is 0.520. The number of carbonyl (C=O) groups excluding carboxylic acids is 1. The maximum absolute atomic E-state index is 12.6. The number of thiocarbonyl (C=S) groups is 1. The summed E-state index contributed by atoms with van der Waals surface area (Å²) in [6, 6.07) is 19.2. The molecule has 1 atom stereocenters. The summed E-state index contributed by atoms with van der Waals surface area (Å²) in [5, 5.41) is 0. The summed E-state index contributed by atoms with van der Waals surface area (Å²) < 4.78 is 0. The van der Waals surface area contributed by atoms with Crippen molar-refractivity contribution in [2.45, 2.75) is 6.42 Å². The summed E-state index contributed by atoms with van der Waals surface area (Å²) in [7, 11) is 1.74. The zero-order valence-electron chi connectivity index (χ0n) is 11.9. The van der Waals surface area contributed by atoms with Crippen LogP contribution in [0.5, 0.6) is 0 Å². The van der Waals surface area contributed by atoms with E-state index in [1.54, 1.807) is 11.9 Å². The number of amides is 1. The normalized spacial score (nSPS) is 11.7. The minimum Gasteiger partial charge on any atom is -0.393 e. The van der Waals surface area contributed by atoms with E-state index in [1.165, 1.54) is 0 Å². The van der Waals surface area contributed by atoms with Gasteiger partial charge in [-0.15, -0.1) is 0 Å². The van der Waals surface area contributed by atoms with E-state index >= 15 is 0 Å². The van der Waals surface area contributed by atoms with Crippen LogP contribution in [0.2, 0.25) is 0 Å². The number of nitrogens with two attached hydrogens (primary N) is 1. The van der Waals surface area contributed by atoms with Crippen molar-refractivity contribution in [3.8, 4) is 0 Å². The smallest absolute Gasteiger partial charge is 0.236 e. The fraction of sp³-hybridized carbons (Fsp3) is 0.176. The molecule has 0 aliphatic heterocycles. The van der Waals surface area contributed by atoms with Crippen LogP contribution in [0, 0.1) is 5.92 Å². The van der Waals surface area contributed by atoms with E-state index in [4.69, 9.17) is 18.0 Å². The highest BCUT2D eigenvalue weighted by Gasteiger charge is 2.25. The summed E-state index contributed by atoms with van der Waals surface area (Å²) in [6.45, 7) is 0. The van der Waals surface area contributed by atoms with Crippen LogP contribution in [0.15, 0.2) is 60.7 Å². The van der Waals surface area contributed by atoms with Crippen molar-refractivity contribution in [1.29, 1.82) is 0 Å². The van der Waals surface area contributed by atoms with Crippen LogP contribution >= 0.6 is 12.2 Å². The van der Waals surface area contributed by atoms with Crippen LogP contribution in [0.4, 0.5) is 5.69 Å². The van der Waals surface area contributed by atoms with E-state index in [0.29, 0.717) is 6.42 Å². The Labute approximate surface area is 130 Å². The molecular formula is C17H18N2OS. The molecule has 0 fully saturated rings. The van der Waals surface area contributed by atoms with Gasteiger partial charge in [0.25, 0.3) is 0 Å². The second-order valence-electron chi connectivity index (χ2n) is 4.88. The predicted molar refractivity (Wildman–Crippen MR) is 90.3 cm³/mol. The third-order valence-electron chi connectivity index (χ3n) is 3.40. The average molecular weight is 298 g/mol. The van der Waals surface area contributed by atoms with Gasteiger partial charge in [0.2, 0.25) is 5.91 Å². The minimum absolute atomic E-state index is 0.0856. The van der Waals surface area contributed by atoms with Crippen LogP contribution < -0.4 is 10.6 Å². The van der Waals surface area contributed by atoms with Gasteiger partial charge < -0.3 is 10.6 Å². The van der Waals surface area contributed by atoms with Gasteiger partial charge in [-0.3, -0.25) is 4.79 Å². The molecule has 0 heterocycles. The first-order valence-corrected chi connectivity index (χ1v) is 7.16. The highest BCUT2D eigenvalue weighted by Crippen LogP contribution is 2.17. The third kappa shape index (κ3) is 3.89. The van der Waals surface area contributed by atoms with Gasteiger partial charge in [-0.2, -0.15) is 0 Å². The van der Waals surface area contributed by atoms with E-state index in [2.05, 4.69) is 0 Å². The molecule has 0 spiro atoms. The molecule has 0 radical (unpaired) electrons. The predicted octanol–water partition coefficient (Wildman–Crippen LogP) is 2.79. The first kappa shape index (κ1) is 15.2. The molecule has 1 amide bonds. The van der Waals surface area contributed by atoms with Crippen LogP contribution in [0.25, 0.3) is 0 Å². The third-order valence-corrected chi connectivity index (χ3v) is 3.68. The van der Waals surface area contributed by atoms with E-state index in [9.17, 15) is 4.79 Å². The SMILES string of the molecule is CN(C(=O)C(Cc1ccccc1)C(N)=S)c1ccccc1. The maximum Gasteiger partial charge on any atom is 0.236 e. The number of rotatable bonds is 5. The Bertz CT molecular complexity index is 613. The lowest BCUT2D eigenvalue weighted by Gasteiger charge is -2.23. The molecule has 2 aromatic rings. The molecule has 0 aromatic heterocycles. The molecular weight excluding hydrogens is 280 g/mol. The number of anilines is 1. The molecule has 108 valence electrons. The molecule has 4 heteroatoms. The molecule has 0 saturated heterocycles. The van der Waals surface area contributed by atoms with Gasteiger partial charge in [-0.05, 0) is 24.1 Å². The monoisotopic (exact) mass is 298 g/mol. The summed E-state index contributed by atoms with van der Waals surface area (Å²) in [5.41, 5.74) is 7.66. The molecule has 2 rings (SSSR count). The molecule has 0 bridgehead atoms. The van der Waals surface area contributed by atoms with Gasteiger partial charge in [0.15, 0.2) is 0 Å². The Morgan fingerprint density at radius 3 is 2.14 bits per heavy atom. The van der Waals surface area contributed by atoms with Crippen molar-refractivity contribution in [2.75, 3.05) is 11.9 Å². The van der Waals surface area contributed by atoms with Crippen LogP contribution in [0.1, 0.15) is 5.56 Å². The molecule has 1 unspecified atom stereocenters. The van der Waals surface area contributed by atoms with Crippen molar-refractivity contribution < 1.29 is 4.79 Å². The molecule has 0 aliphatic rings. The summed E-state index contributed by atoms with van der Waals surface area (Å²) in [5.74, 6) is -0.579. The number of nitrogens with zero attached hydrogens (tertiary/aromatic N) is 1. The second kappa shape index (κ2) is 6.99. The Hall–Kier alpha value is -2.20. The van der Waals surface area contributed by atoms with Gasteiger partial charge >= 0.3 is 0 Å². The van der Waals surface area contributed by atoms with E-state index < -0.39 is 5.92 Å². The molecule has 2 N–H and O–H groups in total. The standard InChI is InChI=1S/C17H18N2OS/c1-19(14-10-6-3-7-11-14)17(20)15(16(18)21)12-13-8-4-2-5-9-13/h2-11,15H,12H2,1H3,(H2,18,21). The van der Waals surface area contributed by atoms with Gasteiger partial charge in [0, 0.05) is 12.7 Å². The largest absolute Gasteiger partial charge is 0.393 e. The fourth-order valence-electron chi connectivity index (χ4n) is 2.17. The second-order valence-corrected chi connectivity index (χ2v) is 5.35. The lowest BCUT2D eigenvalue weighted by molar-refractivity contribution is -0.120. The summed E-state index contributed by atoms with van der Waals surface area (Å²) in [4.78, 5) is 14.5. The van der Waals surface area contributed by atoms with Gasteiger partial charge in [0.1, 0.15) is 0 Å². The van der Waals surface area contributed by atoms with Crippen LogP contribution in [0.3, 0.4) is 0 Å². The van der Waals surface area contributed by atoms with E-state index in [0.717, 1.165) is 11.3 Å². The first-order valence-electron chi connectivity index (χ1n) is 6.75. The molecule has 2 aromatic carbocycles. The zero-order valence-corrected chi connectivity index (χ0v) is 12.7. The zero-order chi connectivity index (χ0) is 15.2. The van der Waals surface area contributed by atoms with Gasteiger partial charge in [-0.25, -0.2) is 0 Å². The maximum atomic E-state index is 12.6. The van der Waals surface area contributed by atoms with E-state index in [-0.39, 0.29) is 10.9 Å². The summed E-state index contributed by atoms with van der Waals surface area (Å²) >= 11 is 5.09. The highest BCUT2D eigenvalue weighted by molar-refractivity contribution is 7.80. The van der Waals surface area contributed by atoms with Crippen molar-refractivity contribution in [3.05, 3.63) is 66.2 Å². The Kier molecular flexibility index (Phi) is 5.06. The number of benzene rings is 2. The fourth-order valence-corrected chi connectivity index (χ4v) is 2.36. The number of hydrogen-bond donors (Lipinski definition) is 1. The number of para-hydroxylation sites is 1. The molecule has 3 nitrogen and oxygen atoms in total. The average Bonchev–Trinajstić information content (AvgIpc) is 2.53. The highest BCUT2D eigenvalue weighted by atomic mass is 32.1. The van der Waals surface area contributed by atoms with Crippen molar-refractivity contribution in [2.24, 2.45) is 11.7 Å². The minimum atomic E-state index is -0.493. The lowest BCUT2D eigenvalue weighted by atomic mass is 9.97. The van der Waals surface area contributed by atoms with Gasteiger partial charge in [0.05, 0.1) is 10.9 Å². The number of carbonyl (C=O) groups is 1. The van der Waals surface area contributed by atoms with E-state index in [1.807, 2.05) is 60.7 Å². The van der Waals surface area contributed by atoms with Crippen LogP contribution in [-0.2, 0) is 11.2 Å². The Morgan fingerprint density at radius 1 is 1.10 bits per heavy atom. The Morgan fingerprint density at radius 2 is 1.62 bits per heavy atom. The van der Waals surface area contributed by atoms with Crippen LogP contribution in [-0.4, -0.2) is 17.9 Å². The quantitative estimate of drug-likeness (QED) is 0.863. The molecule has 0 saturated carbocycles.